The van der Waals surface area contributed by atoms with Crippen LogP contribution in [0.15, 0.2) is 23.1 Å². The lowest BCUT2D eigenvalue weighted by atomic mass is 9.85. The van der Waals surface area contributed by atoms with Crippen LogP contribution < -0.4 is 4.72 Å². The van der Waals surface area contributed by atoms with Crippen molar-refractivity contribution in [1.82, 2.24) is 4.72 Å². The summed E-state index contributed by atoms with van der Waals surface area (Å²) in [6.07, 6.45) is 4.75. The zero-order valence-electron chi connectivity index (χ0n) is 12.2. The van der Waals surface area contributed by atoms with E-state index in [1.807, 2.05) is 0 Å². The van der Waals surface area contributed by atoms with Gasteiger partial charge in [0.1, 0.15) is 0 Å². The van der Waals surface area contributed by atoms with Gasteiger partial charge in [-0.25, -0.2) is 13.1 Å². The number of aliphatic hydroxyl groups is 1. The molecule has 0 aromatic heterocycles. The molecule has 2 N–H and O–H groups in total. The third kappa shape index (κ3) is 4.19. The minimum atomic E-state index is -3.64. The highest BCUT2D eigenvalue weighted by Gasteiger charge is 2.24. The first kappa shape index (κ1) is 16.7. The standard InChI is InChI=1S/C15H22ClNO3S/c1-11-13(16)8-5-9-15(11)21(19,20)17-10-14(18)12-6-3-2-4-7-12/h5,8-9,12,14,17-18H,2-4,6-7,10H2,1H3/t14-/m0/s1. The molecule has 1 atom stereocenters. The molecule has 1 aromatic carbocycles. The fourth-order valence-electron chi connectivity index (χ4n) is 2.84. The fraction of sp³-hybridized carbons (Fsp3) is 0.600. The molecule has 1 fully saturated rings. The summed E-state index contributed by atoms with van der Waals surface area (Å²) in [7, 11) is -3.64. The van der Waals surface area contributed by atoms with E-state index in [1.54, 1.807) is 19.1 Å². The Kier molecular flexibility index (Phi) is 5.66. The smallest absolute Gasteiger partial charge is 0.240 e. The third-order valence-electron chi connectivity index (χ3n) is 4.18. The number of halogens is 1. The highest BCUT2D eigenvalue weighted by Crippen LogP contribution is 2.27. The summed E-state index contributed by atoms with van der Waals surface area (Å²) in [5.74, 6) is 0.196. The maximum atomic E-state index is 12.3. The Morgan fingerprint density at radius 2 is 2.00 bits per heavy atom. The highest BCUT2D eigenvalue weighted by atomic mass is 35.5. The molecule has 1 saturated carbocycles. The van der Waals surface area contributed by atoms with Gasteiger partial charge in [0, 0.05) is 11.6 Å². The van der Waals surface area contributed by atoms with Crippen LogP contribution in [0.5, 0.6) is 0 Å². The topological polar surface area (TPSA) is 66.4 Å². The second-order valence-corrected chi connectivity index (χ2v) is 7.82. The normalized spacial score (nSPS) is 18.6. The molecular formula is C15H22ClNO3S. The molecule has 0 bridgehead atoms. The number of hydrogen-bond acceptors (Lipinski definition) is 3. The monoisotopic (exact) mass is 331 g/mol. The maximum absolute atomic E-state index is 12.3. The molecule has 6 heteroatoms. The summed E-state index contributed by atoms with van der Waals surface area (Å²) in [6, 6.07) is 4.80. The zero-order chi connectivity index (χ0) is 15.5. The zero-order valence-corrected chi connectivity index (χ0v) is 13.8. The molecule has 4 nitrogen and oxygen atoms in total. The van der Waals surface area contributed by atoms with Crippen molar-refractivity contribution in [2.45, 2.75) is 50.0 Å². The van der Waals surface area contributed by atoms with Gasteiger partial charge in [-0.1, -0.05) is 36.9 Å². The van der Waals surface area contributed by atoms with Crippen LogP contribution >= 0.6 is 11.6 Å². The van der Waals surface area contributed by atoms with E-state index < -0.39 is 16.1 Å². The lowest BCUT2D eigenvalue weighted by Gasteiger charge is -2.26. The Balaban J connectivity index is 2.02. The predicted octanol–water partition coefficient (Wildman–Crippen LogP) is 2.87. The molecule has 1 aliphatic carbocycles. The first-order chi connectivity index (χ1) is 9.92. The van der Waals surface area contributed by atoms with Crippen LogP contribution in [0.4, 0.5) is 0 Å². The van der Waals surface area contributed by atoms with Gasteiger partial charge in [0.15, 0.2) is 0 Å². The maximum Gasteiger partial charge on any atom is 0.240 e. The molecule has 1 aliphatic rings. The second kappa shape index (κ2) is 7.09. The summed E-state index contributed by atoms with van der Waals surface area (Å²) in [5.41, 5.74) is 0.527. The summed E-state index contributed by atoms with van der Waals surface area (Å²) in [4.78, 5) is 0.172. The Morgan fingerprint density at radius 1 is 1.33 bits per heavy atom. The summed E-state index contributed by atoms with van der Waals surface area (Å²) >= 11 is 5.96. The van der Waals surface area contributed by atoms with Gasteiger partial charge in [-0.05, 0) is 43.4 Å². The van der Waals surface area contributed by atoms with Crippen molar-refractivity contribution in [3.05, 3.63) is 28.8 Å². The van der Waals surface area contributed by atoms with E-state index in [0.717, 1.165) is 25.7 Å². The molecule has 118 valence electrons. The minimum absolute atomic E-state index is 0.0545. The summed E-state index contributed by atoms with van der Waals surface area (Å²) < 4.78 is 27.1. The molecule has 0 radical (unpaired) electrons. The van der Waals surface area contributed by atoms with Crippen LogP contribution in [-0.4, -0.2) is 26.2 Å². The Labute approximate surface area is 131 Å². The van der Waals surface area contributed by atoms with Crippen molar-refractivity contribution < 1.29 is 13.5 Å². The fourth-order valence-corrected chi connectivity index (χ4v) is 4.38. The molecule has 0 unspecified atom stereocenters. The molecule has 0 heterocycles. The highest BCUT2D eigenvalue weighted by molar-refractivity contribution is 7.89. The number of sulfonamides is 1. The van der Waals surface area contributed by atoms with Crippen molar-refractivity contribution in [2.75, 3.05) is 6.54 Å². The van der Waals surface area contributed by atoms with E-state index in [1.165, 1.54) is 12.5 Å². The van der Waals surface area contributed by atoms with Crippen molar-refractivity contribution in [1.29, 1.82) is 0 Å². The first-order valence-electron chi connectivity index (χ1n) is 7.34. The van der Waals surface area contributed by atoms with E-state index in [9.17, 15) is 13.5 Å². The van der Waals surface area contributed by atoms with Gasteiger partial charge in [0.05, 0.1) is 11.0 Å². The quantitative estimate of drug-likeness (QED) is 0.871. The van der Waals surface area contributed by atoms with Gasteiger partial charge in [0.25, 0.3) is 0 Å². The molecule has 2 rings (SSSR count). The lowest BCUT2D eigenvalue weighted by molar-refractivity contribution is 0.0888. The van der Waals surface area contributed by atoms with Crippen LogP contribution in [0.25, 0.3) is 0 Å². The summed E-state index contributed by atoms with van der Waals surface area (Å²) in [5, 5.41) is 10.6. The SMILES string of the molecule is Cc1c(Cl)cccc1S(=O)(=O)NC[C@H](O)C1CCCCC1. The van der Waals surface area contributed by atoms with Gasteiger partial charge in [-0.15, -0.1) is 0 Å². The van der Waals surface area contributed by atoms with Crippen molar-refractivity contribution in [2.24, 2.45) is 5.92 Å². The van der Waals surface area contributed by atoms with Crippen LogP contribution in [0.1, 0.15) is 37.7 Å². The molecule has 21 heavy (non-hydrogen) atoms. The lowest BCUT2D eigenvalue weighted by Crippen LogP contribution is -2.37. The van der Waals surface area contributed by atoms with Gasteiger partial charge < -0.3 is 5.11 Å². The van der Waals surface area contributed by atoms with Gasteiger partial charge in [-0.2, -0.15) is 0 Å². The number of aliphatic hydroxyl groups excluding tert-OH is 1. The van der Waals surface area contributed by atoms with E-state index in [-0.39, 0.29) is 17.4 Å². The molecule has 1 aromatic rings. The van der Waals surface area contributed by atoms with Crippen molar-refractivity contribution in [3.8, 4) is 0 Å². The predicted molar refractivity (Wildman–Crippen MR) is 84.0 cm³/mol. The van der Waals surface area contributed by atoms with E-state index in [4.69, 9.17) is 11.6 Å². The van der Waals surface area contributed by atoms with E-state index >= 15 is 0 Å². The van der Waals surface area contributed by atoms with Crippen LogP contribution in [-0.2, 0) is 10.0 Å². The van der Waals surface area contributed by atoms with Crippen molar-refractivity contribution in [3.63, 3.8) is 0 Å². The Morgan fingerprint density at radius 3 is 2.67 bits per heavy atom. The molecule has 0 aliphatic heterocycles. The molecular weight excluding hydrogens is 310 g/mol. The Hall–Kier alpha value is -0.620. The van der Waals surface area contributed by atoms with Crippen LogP contribution in [0.3, 0.4) is 0 Å². The van der Waals surface area contributed by atoms with E-state index in [0.29, 0.717) is 10.6 Å². The molecule has 0 spiro atoms. The van der Waals surface area contributed by atoms with Crippen LogP contribution in [0, 0.1) is 12.8 Å². The number of rotatable bonds is 5. The number of benzene rings is 1. The van der Waals surface area contributed by atoms with Gasteiger partial charge >= 0.3 is 0 Å². The van der Waals surface area contributed by atoms with E-state index in [2.05, 4.69) is 4.72 Å². The Bertz CT molecular complexity index is 583. The first-order valence-corrected chi connectivity index (χ1v) is 9.21. The average Bonchev–Trinajstić information content (AvgIpc) is 2.48. The van der Waals surface area contributed by atoms with Gasteiger partial charge in [0.2, 0.25) is 10.0 Å². The van der Waals surface area contributed by atoms with Crippen molar-refractivity contribution >= 4 is 21.6 Å². The average molecular weight is 332 g/mol. The third-order valence-corrected chi connectivity index (χ3v) is 6.16. The largest absolute Gasteiger partial charge is 0.391 e. The molecule has 0 saturated heterocycles. The summed E-state index contributed by atoms with van der Waals surface area (Å²) in [6.45, 7) is 1.73. The molecule has 0 amide bonds. The second-order valence-electron chi connectivity index (χ2n) is 5.68. The van der Waals surface area contributed by atoms with Gasteiger partial charge in [-0.3, -0.25) is 0 Å². The number of hydrogen-bond donors (Lipinski definition) is 2. The minimum Gasteiger partial charge on any atom is -0.391 e. The van der Waals surface area contributed by atoms with Crippen LogP contribution in [0.2, 0.25) is 5.02 Å². The number of nitrogens with one attached hydrogen (secondary N) is 1.